The van der Waals surface area contributed by atoms with E-state index in [0.29, 0.717) is 18.7 Å². The molecule has 1 aromatic rings. The van der Waals surface area contributed by atoms with Gasteiger partial charge in [-0.25, -0.2) is 4.39 Å². The van der Waals surface area contributed by atoms with Crippen LogP contribution in [0.4, 0.5) is 10.1 Å². The van der Waals surface area contributed by atoms with Gasteiger partial charge in [-0.2, -0.15) is 0 Å². The van der Waals surface area contributed by atoms with Crippen LogP contribution >= 0.6 is 0 Å². The van der Waals surface area contributed by atoms with Gasteiger partial charge < -0.3 is 15.5 Å². The van der Waals surface area contributed by atoms with Crippen LogP contribution < -0.4 is 5.73 Å². The van der Waals surface area contributed by atoms with Crippen molar-refractivity contribution in [1.82, 2.24) is 9.80 Å². The second-order valence-corrected chi connectivity index (χ2v) is 5.17. The number of nitrogen functional groups attached to an aromatic ring is 1. The van der Waals surface area contributed by atoms with E-state index in [1.165, 1.54) is 17.0 Å². The normalized spacial score (nSPS) is 16.2. The fourth-order valence-electron chi connectivity index (χ4n) is 2.22. The lowest BCUT2D eigenvalue weighted by Gasteiger charge is -2.36. The van der Waals surface area contributed by atoms with Crippen molar-refractivity contribution in [3.8, 4) is 0 Å². The smallest absolute Gasteiger partial charge is 0.312 e. The van der Waals surface area contributed by atoms with Crippen LogP contribution in [0.2, 0.25) is 0 Å². The van der Waals surface area contributed by atoms with Crippen LogP contribution in [0.5, 0.6) is 0 Å². The second-order valence-electron chi connectivity index (χ2n) is 5.17. The van der Waals surface area contributed by atoms with Crippen molar-refractivity contribution in [3.05, 3.63) is 29.6 Å². The molecule has 20 heavy (non-hydrogen) atoms. The number of carbonyl (C=O) groups excluding carboxylic acids is 2. The Morgan fingerprint density at radius 3 is 2.55 bits per heavy atom. The molecule has 0 atom stereocenters. The molecule has 1 aliphatic heterocycles. The molecule has 0 saturated carbocycles. The fraction of sp³-hybridized carbons (Fsp3) is 0.429. The fourth-order valence-corrected chi connectivity index (χ4v) is 2.22. The number of piperazine rings is 1. The molecule has 1 saturated heterocycles. The van der Waals surface area contributed by atoms with Gasteiger partial charge >= 0.3 is 11.8 Å². The first kappa shape index (κ1) is 14.3. The predicted octanol–water partition coefficient (Wildman–Crippen LogP) is 0.987. The van der Waals surface area contributed by atoms with Crippen molar-refractivity contribution in [1.29, 1.82) is 0 Å². The third-order valence-corrected chi connectivity index (χ3v) is 3.40. The van der Waals surface area contributed by atoms with Crippen LogP contribution in [0.15, 0.2) is 18.2 Å². The molecule has 2 N–H and O–H groups in total. The third-order valence-electron chi connectivity index (χ3n) is 3.40. The predicted molar refractivity (Wildman–Crippen MR) is 73.1 cm³/mol. The molecule has 0 spiro atoms. The molecule has 0 aromatic heterocycles. The highest BCUT2D eigenvalue weighted by Crippen LogP contribution is 2.16. The Labute approximate surface area is 117 Å². The Kier molecular flexibility index (Phi) is 3.92. The summed E-state index contributed by atoms with van der Waals surface area (Å²) in [7, 11) is 0. The Balaban J connectivity index is 2.09. The average Bonchev–Trinajstić information content (AvgIpc) is 2.39. The minimum atomic E-state index is -0.540. The number of nitrogens with zero attached hydrogens (tertiary/aromatic N) is 2. The maximum absolute atomic E-state index is 13.4. The number of anilines is 1. The summed E-state index contributed by atoms with van der Waals surface area (Å²) in [5.74, 6) is -1.55. The lowest BCUT2D eigenvalue weighted by atomic mass is 10.1. The van der Waals surface area contributed by atoms with E-state index in [-0.39, 0.29) is 18.3 Å². The summed E-state index contributed by atoms with van der Waals surface area (Å²) in [6.07, 6.45) is 0. The lowest BCUT2D eigenvalue weighted by molar-refractivity contribution is -0.157. The molecule has 0 unspecified atom stereocenters. The van der Waals surface area contributed by atoms with Gasteiger partial charge in [-0.1, -0.05) is 6.07 Å². The zero-order valence-electron chi connectivity index (χ0n) is 11.6. The van der Waals surface area contributed by atoms with E-state index in [9.17, 15) is 14.0 Å². The minimum Gasteiger partial charge on any atom is -0.396 e. The number of benzene rings is 1. The molecular weight excluding hydrogens is 261 g/mol. The first-order valence-electron chi connectivity index (χ1n) is 6.54. The van der Waals surface area contributed by atoms with Crippen LogP contribution in [-0.4, -0.2) is 40.7 Å². The Hall–Kier alpha value is -2.11. The first-order valence-corrected chi connectivity index (χ1v) is 6.54. The van der Waals surface area contributed by atoms with Crippen LogP contribution in [-0.2, 0) is 16.1 Å². The van der Waals surface area contributed by atoms with Gasteiger partial charge in [-0.15, -0.1) is 0 Å². The summed E-state index contributed by atoms with van der Waals surface area (Å²) in [6, 6.07) is 4.41. The number of carbonyl (C=O) groups is 2. The Morgan fingerprint density at radius 2 is 1.95 bits per heavy atom. The molecule has 1 aliphatic rings. The van der Waals surface area contributed by atoms with Crippen molar-refractivity contribution in [2.24, 2.45) is 0 Å². The standard InChI is InChI=1S/C14H18FN3O2/c1-9(2)18-6-5-17(13(19)14(18)20)8-10-3-4-12(16)11(15)7-10/h3-4,7,9H,5-6,8,16H2,1-2H3. The molecule has 2 rings (SSSR count). The first-order chi connectivity index (χ1) is 9.40. The van der Waals surface area contributed by atoms with Crippen LogP contribution in [0.1, 0.15) is 19.4 Å². The highest BCUT2D eigenvalue weighted by molar-refractivity contribution is 6.35. The maximum Gasteiger partial charge on any atom is 0.312 e. The van der Waals surface area contributed by atoms with Gasteiger partial charge in [0, 0.05) is 25.7 Å². The topological polar surface area (TPSA) is 66.6 Å². The number of hydrogen-bond donors (Lipinski definition) is 1. The van der Waals surface area contributed by atoms with Crippen molar-refractivity contribution >= 4 is 17.5 Å². The Morgan fingerprint density at radius 1 is 1.25 bits per heavy atom. The molecule has 0 radical (unpaired) electrons. The molecule has 5 nitrogen and oxygen atoms in total. The number of hydrogen-bond acceptors (Lipinski definition) is 3. The van der Waals surface area contributed by atoms with E-state index >= 15 is 0 Å². The van der Waals surface area contributed by atoms with E-state index in [1.54, 1.807) is 11.0 Å². The van der Waals surface area contributed by atoms with E-state index in [2.05, 4.69) is 0 Å². The second kappa shape index (κ2) is 5.48. The Bertz CT molecular complexity index is 545. The molecule has 1 aromatic carbocycles. The van der Waals surface area contributed by atoms with Gasteiger partial charge in [-0.3, -0.25) is 9.59 Å². The minimum absolute atomic E-state index is 0.00238. The SMILES string of the molecule is CC(C)N1CCN(Cc2ccc(N)c(F)c2)C(=O)C1=O. The van der Waals surface area contributed by atoms with Gasteiger partial charge in [0.1, 0.15) is 5.82 Å². The highest BCUT2D eigenvalue weighted by atomic mass is 19.1. The zero-order chi connectivity index (χ0) is 14.9. The molecule has 0 bridgehead atoms. The number of halogens is 1. The summed E-state index contributed by atoms with van der Waals surface area (Å²) in [5, 5.41) is 0. The molecule has 0 aliphatic carbocycles. The van der Waals surface area contributed by atoms with E-state index in [4.69, 9.17) is 5.73 Å². The summed E-state index contributed by atoms with van der Waals surface area (Å²) in [6.45, 7) is 4.91. The number of amides is 2. The molecule has 2 amide bonds. The number of nitrogens with two attached hydrogens (primary N) is 1. The summed E-state index contributed by atoms with van der Waals surface area (Å²) in [5.41, 5.74) is 6.10. The number of rotatable bonds is 3. The van der Waals surface area contributed by atoms with Crippen molar-refractivity contribution < 1.29 is 14.0 Å². The molecule has 6 heteroatoms. The monoisotopic (exact) mass is 279 g/mol. The quantitative estimate of drug-likeness (QED) is 0.662. The van der Waals surface area contributed by atoms with Gasteiger partial charge in [0.15, 0.2) is 0 Å². The zero-order valence-corrected chi connectivity index (χ0v) is 11.6. The van der Waals surface area contributed by atoms with Crippen molar-refractivity contribution in [2.45, 2.75) is 26.4 Å². The van der Waals surface area contributed by atoms with Crippen LogP contribution in [0, 0.1) is 5.82 Å². The summed E-state index contributed by atoms with van der Waals surface area (Å²) >= 11 is 0. The summed E-state index contributed by atoms with van der Waals surface area (Å²) < 4.78 is 13.4. The van der Waals surface area contributed by atoms with Crippen molar-refractivity contribution in [2.75, 3.05) is 18.8 Å². The molecule has 108 valence electrons. The van der Waals surface area contributed by atoms with Gasteiger partial charge in [0.05, 0.1) is 5.69 Å². The van der Waals surface area contributed by atoms with Gasteiger partial charge in [0.2, 0.25) is 0 Å². The third kappa shape index (κ3) is 2.74. The van der Waals surface area contributed by atoms with E-state index in [0.717, 1.165) is 0 Å². The highest BCUT2D eigenvalue weighted by Gasteiger charge is 2.33. The lowest BCUT2D eigenvalue weighted by Crippen LogP contribution is -2.55. The molecule has 1 fully saturated rings. The molecular formula is C14H18FN3O2. The maximum atomic E-state index is 13.4. The van der Waals surface area contributed by atoms with E-state index < -0.39 is 17.6 Å². The average molecular weight is 279 g/mol. The largest absolute Gasteiger partial charge is 0.396 e. The van der Waals surface area contributed by atoms with Crippen LogP contribution in [0.3, 0.4) is 0 Å². The molecule has 1 heterocycles. The van der Waals surface area contributed by atoms with Crippen molar-refractivity contribution in [3.63, 3.8) is 0 Å². The van der Waals surface area contributed by atoms with Crippen LogP contribution in [0.25, 0.3) is 0 Å². The van der Waals surface area contributed by atoms with Gasteiger partial charge in [-0.05, 0) is 31.5 Å². The summed E-state index contributed by atoms with van der Waals surface area (Å²) in [4.78, 5) is 26.9. The van der Waals surface area contributed by atoms with E-state index in [1.807, 2.05) is 13.8 Å². The van der Waals surface area contributed by atoms with Gasteiger partial charge in [0.25, 0.3) is 0 Å².